The first-order valence-corrected chi connectivity index (χ1v) is 9.02. The summed E-state index contributed by atoms with van der Waals surface area (Å²) in [6, 6.07) is 19.4. The summed E-state index contributed by atoms with van der Waals surface area (Å²) in [4.78, 5) is 12.7. The SMILES string of the molecule is C=CC[C@]1(O)C(=O)C(OCc2ccccc2)=C[C@@H]1COCc1ccccc1. The van der Waals surface area contributed by atoms with E-state index in [9.17, 15) is 9.90 Å². The molecule has 4 heteroatoms. The summed E-state index contributed by atoms with van der Waals surface area (Å²) in [7, 11) is 0. The average molecular weight is 364 g/mol. The molecule has 140 valence electrons. The van der Waals surface area contributed by atoms with E-state index >= 15 is 0 Å². The van der Waals surface area contributed by atoms with Crippen LogP contribution in [-0.2, 0) is 27.5 Å². The third kappa shape index (κ3) is 4.54. The molecule has 0 saturated heterocycles. The fraction of sp³-hybridized carbons (Fsp3) is 0.261. The van der Waals surface area contributed by atoms with Crippen LogP contribution in [0.5, 0.6) is 0 Å². The summed E-state index contributed by atoms with van der Waals surface area (Å²) in [5.41, 5.74) is 0.436. The summed E-state index contributed by atoms with van der Waals surface area (Å²) in [5.74, 6) is -0.694. The van der Waals surface area contributed by atoms with Gasteiger partial charge in [0, 0.05) is 12.3 Å². The summed E-state index contributed by atoms with van der Waals surface area (Å²) >= 11 is 0. The normalized spacial score (nSPS) is 21.7. The Morgan fingerprint density at radius 1 is 1.00 bits per heavy atom. The maximum Gasteiger partial charge on any atom is 0.229 e. The molecule has 3 rings (SSSR count). The molecular formula is C23H24O4. The first-order valence-electron chi connectivity index (χ1n) is 9.02. The molecule has 0 radical (unpaired) electrons. The maximum absolute atomic E-state index is 12.7. The number of carbonyl (C=O) groups is 1. The van der Waals surface area contributed by atoms with Crippen molar-refractivity contribution in [1.29, 1.82) is 0 Å². The Morgan fingerprint density at radius 3 is 2.19 bits per heavy atom. The monoisotopic (exact) mass is 364 g/mol. The van der Waals surface area contributed by atoms with Crippen LogP contribution in [0.2, 0.25) is 0 Å². The second-order valence-electron chi connectivity index (χ2n) is 6.66. The molecule has 1 N–H and O–H groups in total. The fourth-order valence-corrected chi connectivity index (χ4v) is 3.16. The second kappa shape index (κ2) is 8.80. The van der Waals surface area contributed by atoms with Crippen molar-refractivity contribution in [3.05, 3.63) is 96.3 Å². The molecule has 0 unspecified atom stereocenters. The van der Waals surface area contributed by atoms with Gasteiger partial charge in [-0.05, 0) is 17.2 Å². The number of hydrogen-bond acceptors (Lipinski definition) is 4. The minimum Gasteiger partial charge on any atom is -0.485 e. The highest BCUT2D eigenvalue weighted by atomic mass is 16.5. The van der Waals surface area contributed by atoms with Gasteiger partial charge in [0.15, 0.2) is 5.76 Å². The molecule has 0 heterocycles. The van der Waals surface area contributed by atoms with E-state index in [1.165, 1.54) is 0 Å². The van der Waals surface area contributed by atoms with Gasteiger partial charge in [-0.3, -0.25) is 4.79 Å². The fourth-order valence-electron chi connectivity index (χ4n) is 3.16. The minimum atomic E-state index is -1.57. The van der Waals surface area contributed by atoms with Crippen molar-refractivity contribution >= 4 is 5.78 Å². The number of rotatable bonds is 9. The number of ketones is 1. The predicted molar refractivity (Wildman–Crippen MR) is 104 cm³/mol. The lowest BCUT2D eigenvalue weighted by Crippen LogP contribution is -2.43. The van der Waals surface area contributed by atoms with Crippen LogP contribution in [0.15, 0.2) is 85.2 Å². The molecular weight excluding hydrogens is 340 g/mol. The Bertz CT molecular complexity index is 798. The zero-order valence-corrected chi connectivity index (χ0v) is 15.2. The van der Waals surface area contributed by atoms with Crippen molar-refractivity contribution in [2.24, 2.45) is 5.92 Å². The van der Waals surface area contributed by atoms with E-state index in [0.717, 1.165) is 11.1 Å². The lowest BCUT2D eigenvalue weighted by atomic mass is 9.86. The zero-order valence-electron chi connectivity index (χ0n) is 15.2. The molecule has 0 bridgehead atoms. The third-order valence-corrected chi connectivity index (χ3v) is 4.68. The molecule has 4 nitrogen and oxygen atoms in total. The largest absolute Gasteiger partial charge is 0.485 e. The first kappa shape index (κ1) is 19.1. The van der Waals surface area contributed by atoms with E-state index in [-0.39, 0.29) is 25.4 Å². The number of ether oxygens (including phenoxy) is 2. The van der Waals surface area contributed by atoms with E-state index in [2.05, 4.69) is 6.58 Å². The van der Waals surface area contributed by atoms with Crippen molar-refractivity contribution in [2.45, 2.75) is 25.2 Å². The average Bonchev–Trinajstić information content (AvgIpc) is 2.93. The van der Waals surface area contributed by atoms with Gasteiger partial charge in [0.05, 0.1) is 13.2 Å². The van der Waals surface area contributed by atoms with Gasteiger partial charge in [0.1, 0.15) is 12.2 Å². The van der Waals surface area contributed by atoms with E-state index in [4.69, 9.17) is 9.47 Å². The molecule has 2 atom stereocenters. The van der Waals surface area contributed by atoms with Crippen LogP contribution in [0.1, 0.15) is 17.5 Å². The molecule has 1 aliphatic rings. The zero-order chi connectivity index (χ0) is 19.1. The standard InChI is InChI=1S/C23H24O4/c1-2-13-23(25)20(17-26-15-18-9-5-3-6-10-18)14-21(22(23)24)27-16-19-11-7-4-8-12-19/h2-12,14,20,25H,1,13,15-17H2/t20-,23-/m1/s1. The Labute approximate surface area is 159 Å². The molecule has 27 heavy (non-hydrogen) atoms. The molecule has 0 aliphatic heterocycles. The lowest BCUT2D eigenvalue weighted by molar-refractivity contribution is -0.139. The van der Waals surface area contributed by atoms with Crippen LogP contribution in [0.3, 0.4) is 0 Å². The van der Waals surface area contributed by atoms with Gasteiger partial charge in [0.2, 0.25) is 5.78 Å². The molecule has 0 saturated carbocycles. The number of aliphatic hydroxyl groups is 1. The van der Waals surface area contributed by atoms with E-state index in [1.54, 1.807) is 12.2 Å². The van der Waals surface area contributed by atoms with Crippen LogP contribution in [-0.4, -0.2) is 23.1 Å². The summed E-state index contributed by atoms with van der Waals surface area (Å²) in [6.45, 7) is 4.59. The summed E-state index contributed by atoms with van der Waals surface area (Å²) in [6.07, 6.45) is 3.38. The van der Waals surface area contributed by atoms with Crippen LogP contribution in [0.4, 0.5) is 0 Å². The molecule has 2 aromatic rings. The Kier molecular flexibility index (Phi) is 6.22. The van der Waals surface area contributed by atoms with Crippen molar-refractivity contribution in [1.82, 2.24) is 0 Å². The van der Waals surface area contributed by atoms with Crippen LogP contribution in [0.25, 0.3) is 0 Å². The highest BCUT2D eigenvalue weighted by Crippen LogP contribution is 2.36. The van der Waals surface area contributed by atoms with Gasteiger partial charge >= 0.3 is 0 Å². The van der Waals surface area contributed by atoms with Crippen molar-refractivity contribution in [3.8, 4) is 0 Å². The Morgan fingerprint density at radius 2 is 1.59 bits per heavy atom. The summed E-state index contributed by atoms with van der Waals surface area (Å²) in [5, 5.41) is 11.0. The molecule has 2 aromatic carbocycles. The quantitative estimate of drug-likeness (QED) is 0.688. The highest BCUT2D eigenvalue weighted by molar-refractivity contribution is 6.03. The van der Waals surface area contributed by atoms with E-state index in [0.29, 0.717) is 6.61 Å². The number of carbonyl (C=O) groups excluding carboxylic acids is 1. The van der Waals surface area contributed by atoms with Gasteiger partial charge in [0.25, 0.3) is 0 Å². The van der Waals surface area contributed by atoms with Crippen molar-refractivity contribution < 1.29 is 19.4 Å². The first-order chi connectivity index (χ1) is 13.1. The van der Waals surface area contributed by atoms with Gasteiger partial charge in [-0.1, -0.05) is 66.7 Å². The highest BCUT2D eigenvalue weighted by Gasteiger charge is 2.49. The third-order valence-electron chi connectivity index (χ3n) is 4.68. The summed E-state index contributed by atoms with van der Waals surface area (Å²) < 4.78 is 11.5. The second-order valence-corrected chi connectivity index (χ2v) is 6.66. The Hall–Kier alpha value is -2.69. The van der Waals surface area contributed by atoms with Crippen LogP contribution < -0.4 is 0 Å². The number of benzene rings is 2. The lowest BCUT2D eigenvalue weighted by Gasteiger charge is -2.27. The smallest absolute Gasteiger partial charge is 0.229 e. The van der Waals surface area contributed by atoms with Gasteiger partial charge in [-0.25, -0.2) is 0 Å². The maximum atomic E-state index is 12.7. The van der Waals surface area contributed by atoms with E-state index < -0.39 is 17.3 Å². The molecule has 0 fully saturated rings. The topological polar surface area (TPSA) is 55.8 Å². The molecule has 0 spiro atoms. The van der Waals surface area contributed by atoms with Gasteiger partial charge < -0.3 is 14.6 Å². The predicted octanol–water partition coefficient (Wildman–Crippen LogP) is 3.81. The molecule has 1 aliphatic carbocycles. The van der Waals surface area contributed by atoms with Crippen molar-refractivity contribution in [2.75, 3.05) is 6.61 Å². The van der Waals surface area contributed by atoms with E-state index in [1.807, 2.05) is 60.7 Å². The minimum absolute atomic E-state index is 0.153. The van der Waals surface area contributed by atoms with Crippen LogP contribution >= 0.6 is 0 Å². The van der Waals surface area contributed by atoms with Gasteiger partial charge in [-0.2, -0.15) is 0 Å². The molecule has 0 aromatic heterocycles. The van der Waals surface area contributed by atoms with Crippen LogP contribution in [0, 0.1) is 5.92 Å². The van der Waals surface area contributed by atoms with Gasteiger partial charge in [-0.15, -0.1) is 6.58 Å². The number of Topliss-reactive ketones (excluding diaryl/α,β-unsaturated/α-hetero) is 1. The molecule has 0 amide bonds. The Balaban J connectivity index is 1.65. The number of hydrogen-bond donors (Lipinski definition) is 1. The van der Waals surface area contributed by atoms with Crippen molar-refractivity contribution in [3.63, 3.8) is 0 Å².